The molecule has 0 saturated heterocycles. The van der Waals surface area contributed by atoms with E-state index in [1.54, 1.807) is 0 Å². The molecule has 0 bridgehead atoms. The third kappa shape index (κ3) is 4.18. The third-order valence-electron chi connectivity index (χ3n) is 9.48. The zero-order valence-electron chi connectivity index (χ0n) is 25.9. The number of aromatic nitrogens is 1. The first-order chi connectivity index (χ1) is 24.2. The van der Waals surface area contributed by atoms with Crippen molar-refractivity contribution in [2.75, 3.05) is 4.90 Å². The maximum Gasteiger partial charge on any atom is 0.227 e. The molecule has 0 aliphatic heterocycles. The van der Waals surface area contributed by atoms with Gasteiger partial charge < -0.3 is 13.7 Å². The largest absolute Gasteiger partial charge is 0.456 e. The van der Waals surface area contributed by atoms with Gasteiger partial charge in [0.1, 0.15) is 16.7 Å². The average Bonchev–Trinajstić information content (AvgIpc) is 3.91. The Kier molecular flexibility index (Phi) is 5.67. The Balaban J connectivity index is 1.10. The van der Waals surface area contributed by atoms with Crippen LogP contribution in [0.3, 0.4) is 0 Å². The summed E-state index contributed by atoms with van der Waals surface area (Å²) in [6.45, 7) is 0. The van der Waals surface area contributed by atoms with E-state index in [1.807, 2.05) is 59.1 Å². The minimum absolute atomic E-state index is 0.608. The van der Waals surface area contributed by atoms with E-state index in [-0.39, 0.29) is 0 Å². The van der Waals surface area contributed by atoms with Gasteiger partial charge in [-0.3, -0.25) is 0 Å². The Morgan fingerprint density at radius 3 is 1.86 bits per heavy atom. The van der Waals surface area contributed by atoms with E-state index in [2.05, 4.69) is 114 Å². The van der Waals surface area contributed by atoms with Gasteiger partial charge in [0.25, 0.3) is 0 Å². The monoisotopic (exact) mass is 664 g/mol. The van der Waals surface area contributed by atoms with Crippen LogP contribution in [0.4, 0.5) is 17.1 Å². The molecule has 7 aromatic carbocycles. The molecule has 0 saturated carbocycles. The van der Waals surface area contributed by atoms with Gasteiger partial charge in [0.15, 0.2) is 5.58 Å². The van der Waals surface area contributed by atoms with Crippen molar-refractivity contribution in [3.05, 3.63) is 146 Å². The van der Waals surface area contributed by atoms with Crippen molar-refractivity contribution in [2.45, 2.75) is 0 Å². The summed E-state index contributed by atoms with van der Waals surface area (Å²) in [6, 6.07) is 51.5. The summed E-state index contributed by atoms with van der Waals surface area (Å²) >= 11 is 3.68. The lowest BCUT2D eigenvalue weighted by Crippen LogP contribution is -2.09. The Morgan fingerprint density at radius 1 is 0.408 bits per heavy atom. The van der Waals surface area contributed by atoms with Crippen molar-refractivity contribution in [2.24, 2.45) is 0 Å². The molecule has 0 aliphatic carbocycles. The Hall–Kier alpha value is -5.95. The van der Waals surface area contributed by atoms with Crippen LogP contribution < -0.4 is 4.90 Å². The lowest BCUT2D eigenvalue weighted by Gasteiger charge is -2.25. The van der Waals surface area contributed by atoms with Crippen LogP contribution >= 0.6 is 22.7 Å². The summed E-state index contributed by atoms with van der Waals surface area (Å²) in [5.41, 5.74) is 7.29. The summed E-state index contributed by atoms with van der Waals surface area (Å²) in [5, 5.41) is 7.19. The highest BCUT2D eigenvalue weighted by molar-refractivity contribution is 7.26. The van der Waals surface area contributed by atoms with Crippen molar-refractivity contribution in [3.63, 3.8) is 0 Å². The van der Waals surface area contributed by atoms with Gasteiger partial charge in [-0.05, 0) is 72.8 Å². The van der Waals surface area contributed by atoms with Crippen LogP contribution in [0, 0.1) is 0 Å². The zero-order chi connectivity index (χ0) is 32.1. The van der Waals surface area contributed by atoms with E-state index in [0.29, 0.717) is 11.5 Å². The Labute approximate surface area is 287 Å². The maximum atomic E-state index is 6.55. The third-order valence-corrected chi connectivity index (χ3v) is 11.8. The number of benzene rings is 7. The average molecular weight is 665 g/mol. The number of furan rings is 1. The van der Waals surface area contributed by atoms with Crippen molar-refractivity contribution < 1.29 is 8.83 Å². The zero-order valence-corrected chi connectivity index (χ0v) is 27.5. The molecule has 0 aliphatic rings. The van der Waals surface area contributed by atoms with Crippen LogP contribution in [0.5, 0.6) is 0 Å². The maximum absolute atomic E-state index is 6.55. The van der Waals surface area contributed by atoms with E-state index >= 15 is 0 Å². The molecule has 230 valence electrons. The molecular formula is C43H24N2O2S2. The molecule has 0 N–H and O–H groups in total. The summed E-state index contributed by atoms with van der Waals surface area (Å²) in [7, 11) is 0. The van der Waals surface area contributed by atoms with Crippen LogP contribution in [0.2, 0.25) is 0 Å². The molecule has 0 fully saturated rings. The van der Waals surface area contributed by atoms with Crippen LogP contribution in [-0.2, 0) is 0 Å². The number of fused-ring (bicyclic) bond motifs is 10. The minimum Gasteiger partial charge on any atom is -0.456 e. The lowest BCUT2D eigenvalue weighted by molar-refractivity contribution is 0.617. The first kappa shape index (κ1) is 27.0. The number of anilines is 3. The molecule has 0 spiro atoms. The van der Waals surface area contributed by atoms with Crippen LogP contribution in [0.25, 0.3) is 84.8 Å². The second-order valence-corrected chi connectivity index (χ2v) is 14.5. The molecule has 0 unspecified atom stereocenters. The first-order valence-corrected chi connectivity index (χ1v) is 17.8. The fraction of sp³-hybridized carbons (Fsp3) is 0. The summed E-state index contributed by atoms with van der Waals surface area (Å²) in [6.07, 6.45) is 0. The van der Waals surface area contributed by atoms with Gasteiger partial charge >= 0.3 is 0 Å². The lowest BCUT2D eigenvalue weighted by atomic mass is 10.1. The highest BCUT2D eigenvalue weighted by atomic mass is 32.1. The first-order valence-electron chi connectivity index (χ1n) is 16.2. The normalized spacial score (nSPS) is 12.1. The number of nitrogens with zero attached hydrogens (tertiary/aromatic N) is 2. The predicted molar refractivity (Wildman–Crippen MR) is 207 cm³/mol. The molecule has 4 heterocycles. The van der Waals surface area contributed by atoms with Crippen molar-refractivity contribution in [1.82, 2.24) is 4.98 Å². The molecule has 0 atom stereocenters. The Morgan fingerprint density at radius 2 is 1.02 bits per heavy atom. The van der Waals surface area contributed by atoms with Crippen molar-refractivity contribution >= 4 is 113 Å². The molecule has 11 rings (SSSR count). The molecule has 4 aromatic heterocycles. The SMILES string of the molecule is c1ccc(-c2nc3cc4c(cc3o2)oc2cc(N(c3ccc5c(c3)sc3ccccc35)c3ccc5sc6ccccc6c5c3)ccc24)cc1. The molecule has 11 aromatic rings. The molecule has 4 nitrogen and oxygen atoms in total. The van der Waals surface area contributed by atoms with Gasteiger partial charge in [0.05, 0.1) is 0 Å². The molecule has 0 amide bonds. The molecule has 49 heavy (non-hydrogen) atoms. The van der Waals surface area contributed by atoms with E-state index in [1.165, 1.54) is 40.3 Å². The molecule has 0 radical (unpaired) electrons. The smallest absolute Gasteiger partial charge is 0.227 e. The number of hydrogen-bond donors (Lipinski definition) is 0. The van der Waals surface area contributed by atoms with Gasteiger partial charge in [0.2, 0.25) is 5.89 Å². The molecule has 6 heteroatoms. The number of hydrogen-bond acceptors (Lipinski definition) is 6. The molecular weight excluding hydrogens is 641 g/mol. The standard InChI is InChI=1S/C43H24N2O2S2/c1-2-8-25(9-3-1)43-44-35-23-33-29-17-14-27(21-36(29)46-37(33)24-38(35)47-43)45(26-16-19-41-34(20-26)31-11-5-7-13-40(31)48-41)28-15-18-32-30-10-4-6-12-39(30)49-42(32)22-28/h1-24H. The van der Waals surface area contributed by atoms with Crippen LogP contribution in [0.1, 0.15) is 0 Å². The highest BCUT2D eigenvalue weighted by Gasteiger charge is 2.19. The van der Waals surface area contributed by atoms with Gasteiger partial charge in [-0.2, -0.15) is 0 Å². The summed E-state index contributed by atoms with van der Waals surface area (Å²) in [4.78, 5) is 7.16. The van der Waals surface area contributed by atoms with Crippen molar-refractivity contribution in [3.8, 4) is 11.5 Å². The topological polar surface area (TPSA) is 42.4 Å². The van der Waals surface area contributed by atoms with E-state index in [9.17, 15) is 0 Å². The quantitative estimate of drug-likeness (QED) is 0.188. The van der Waals surface area contributed by atoms with Crippen molar-refractivity contribution in [1.29, 1.82) is 0 Å². The second kappa shape index (κ2) is 10.3. The van der Waals surface area contributed by atoms with E-state index < -0.39 is 0 Å². The van der Waals surface area contributed by atoms with E-state index in [0.717, 1.165) is 50.1 Å². The second-order valence-electron chi connectivity index (χ2n) is 12.4. The predicted octanol–water partition coefficient (Wildman–Crippen LogP) is 13.6. The van der Waals surface area contributed by atoms with Gasteiger partial charge in [-0.25, -0.2) is 4.98 Å². The minimum atomic E-state index is 0.608. The number of oxazole rings is 1. The van der Waals surface area contributed by atoms with Gasteiger partial charge in [-0.1, -0.05) is 60.7 Å². The van der Waals surface area contributed by atoms with Gasteiger partial charge in [-0.15, -0.1) is 22.7 Å². The van der Waals surface area contributed by atoms with Crippen LogP contribution in [0.15, 0.2) is 154 Å². The summed E-state index contributed by atoms with van der Waals surface area (Å²) in [5.74, 6) is 0.608. The number of thiophene rings is 2. The number of rotatable bonds is 4. The summed E-state index contributed by atoms with van der Waals surface area (Å²) < 4.78 is 17.9. The Bertz CT molecular complexity index is 3080. The fourth-order valence-corrected chi connectivity index (χ4v) is 9.41. The van der Waals surface area contributed by atoms with Gasteiger partial charge in [0, 0.05) is 85.9 Å². The van der Waals surface area contributed by atoms with Crippen LogP contribution in [-0.4, -0.2) is 4.98 Å². The highest BCUT2D eigenvalue weighted by Crippen LogP contribution is 2.44. The fourth-order valence-electron chi connectivity index (χ4n) is 7.18. The van der Waals surface area contributed by atoms with E-state index in [4.69, 9.17) is 13.8 Å².